The van der Waals surface area contributed by atoms with Crippen LogP contribution in [0.5, 0.6) is 0 Å². The van der Waals surface area contributed by atoms with Crippen molar-refractivity contribution >= 4 is 33.7 Å². The smallest absolute Gasteiger partial charge is 0.332 e. The molecule has 9 heteroatoms. The number of carbonyl (C=O) groups excluding carboxylic acids is 1. The molecule has 0 atom stereocenters. The topological polar surface area (TPSA) is 86.2 Å². The van der Waals surface area contributed by atoms with Crippen LogP contribution in [-0.4, -0.2) is 15.0 Å². The van der Waals surface area contributed by atoms with Crippen LogP contribution in [0.15, 0.2) is 86.8 Å². The number of para-hydroxylation sites is 1. The summed E-state index contributed by atoms with van der Waals surface area (Å²) >= 11 is 0. The Morgan fingerprint density at radius 1 is 0.914 bits per heavy atom. The highest BCUT2D eigenvalue weighted by molar-refractivity contribution is 6.03. The number of rotatable bonds is 6. The number of carbonyl (C=O) groups is 1. The molecule has 0 saturated carbocycles. The molecule has 35 heavy (non-hydrogen) atoms. The Bertz CT molecular complexity index is 1690. The summed E-state index contributed by atoms with van der Waals surface area (Å²) in [6.45, 7) is -0.440. The molecule has 0 aliphatic carbocycles. The fourth-order valence-electron chi connectivity index (χ4n) is 4.05. The number of halogens is 2. The number of aryl methyl sites for hydroxylation is 1. The largest absolute Gasteiger partial charge is 0.449 e. The first-order valence-electron chi connectivity index (χ1n) is 10.9. The van der Waals surface area contributed by atoms with E-state index in [9.17, 15) is 23.2 Å². The maximum absolute atomic E-state index is 14.0. The SMILES string of the molecule is O=C(Cn1c(=O)n(CCc2ccccc2)c(=O)c2oc3ccccc3c21)Nc1ccc(F)cc1F. The lowest BCUT2D eigenvalue weighted by Crippen LogP contribution is -2.41. The molecule has 1 amide bonds. The van der Waals surface area contributed by atoms with E-state index in [1.807, 2.05) is 30.3 Å². The summed E-state index contributed by atoms with van der Waals surface area (Å²) in [5.41, 5.74) is -0.0766. The highest BCUT2D eigenvalue weighted by atomic mass is 19.1. The van der Waals surface area contributed by atoms with Crippen molar-refractivity contribution in [1.29, 1.82) is 0 Å². The number of aromatic nitrogens is 2. The van der Waals surface area contributed by atoms with E-state index < -0.39 is 35.3 Å². The summed E-state index contributed by atoms with van der Waals surface area (Å²) in [5, 5.41) is 2.84. The lowest BCUT2D eigenvalue weighted by Gasteiger charge is -2.12. The molecular weight excluding hydrogens is 456 g/mol. The van der Waals surface area contributed by atoms with Crippen LogP contribution < -0.4 is 16.6 Å². The minimum atomic E-state index is -0.947. The van der Waals surface area contributed by atoms with Crippen molar-refractivity contribution < 1.29 is 18.0 Å². The van der Waals surface area contributed by atoms with Gasteiger partial charge in [0, 0.05) is 18.0 Å². The van der Waals surface area contributed by atoms with Crippen LogP contribution in [0, 0.1) is 11.6 Å². The van der Waals surface area contributed by atoms with E-state index in [-0.39, 0.29) is 23.3 Å². The molecule has 0 unspecified atom stereocenters. The zero-order chi connectivity index (χ0) is 24.5. The molecule has 5 aromatic rings. The molecule has 0 radical (unpaired) electrons. The van der Waals surface area contributed by atoms with E-state index in [0.29, 0.717) is 23.5 Å². The number of nitrogens with zero attached hydrogens (tertiary/aromatic N) is 2. The quantitative estimate of drug-likeness (QED) is 0.401. The molecule has 7 nitrogen and oxygen atoms in total. The van der Waals surface area contributed by atoms with E-state index in [4.69, 9.17) is 4.42 Å². The third-order valence-corrected chi connectivity index (χ3v) is 5.71. The van der Waals surface area contributed by atoms with Gasteiger partial charge in [0.05, 0.1) is 5.69 Å². The molecule has 2 aromatic heterocycles. The van der Waals surface area contributed by atoms with Crippen LogP contribution >= 0.6 is 0 Å². The lowest BCUT2D eigenvalue weighted by atomic mass is 10.1. The Balaban J connectivity index is 1.59. The highest BCUT2D eigenvalue weighted by Crippen LogP contribution is 2.25. The fourth-order valence-corrected chi connectivity index (χ4v) is 4.05. The average molecular weight is 475 g/mol. The van der Waals surface area contributed by atoms with Crippen molar-refractivity contribution in [3.63, 3.8) is 0 Å². The molecule has 0 aliphatic rings. The predicted molar refractivity (Wildman–Crippen MR) is 127 cm³/mol. The third-order valence-electron chi connectivity index (χ3n) is 5.71. The third kappa shape index (κ3) is 4.23. The first kappa shape index (κ1) is 22.3. The molecule has 0 aliphatic heterocycles. The predicted octanol–water partition coefficient (Wildman–Crippen LogP) is 4.07. The number of amides is 1. The van der Waals surface area contributed by atoms with Gasteiger partial charge in [0.25, 0.3) is 5.56 Å². The Hall–Kier alpha value is -4.53. The summed E-state index contributed by atoms with van der Waals surface area (Å²) in [5.74, 6) is -2.45. The summed E-state index contributed by atoms with van der Waals surface area (Å²) in [4.78, 5) is 39.5. The van der Waals surface area contributed by atoms with Crippen molar-refractivity contribution in [1.82, 2.24) is 9.13 Å². The first-order valence-corrected chi connectivity index (χ1v) is 10.9. The van der Waals surface area contributed by atoms with Gasteiger partial charge in [-0.05, 0) is 36.2 Å². The van der Waals surface area contributed by atoms with Crippen LogP contribution in [-0.2, 0) is 24.3 Å². The maximum Gasteiger partial charge on any atom is 0.332 e. The molecule has 3 aromatic carbocycles. The van der Waals surface area contributed by atoms with E-state index in [1.54, 1.807) is 24.3 Å². The standard InChI is InChI=1S/C26H19F2N3O4/c27-17-10-11-20(19(28)14-17)29-22(32)15-31-23-18-8-4-5-9-21(18)35-24(23)25(33)30(26(31)34)13-12-16-6-2-1-3-7-16/h1-11,14H,12-13,15H2,(H,29,32). The zero-order valence-electron chi connectivity index (χ0n) is 18.3. The van der Waals surface area contributed by atoms with Gasteiger partial charge in [-0.2, -0.15) is 0 Å². The van der Waals surface area contributed by atoms with E-state index in [1.165, 1.54) is 0 Å². The van der Waals surface area contributed by atoms with Crippen LogP contribution in [0.3, 0.4) is 0 Å². The van der Waals surface area contributed by atoms with Gasteiger partial charge in [-0.25, -0.2) is 13.6 Å². The van der Waals surface area contributed by atoms with Crippen LogP contribution in [0.4, 0.5) is 14.5 Å². The van der Waals surface area contributed by atoms with Crippen molar-refractivity contribution in [2.24, 2.45) is 0 Å². The van der Waals surface area contributed by atoms with Crippen LogP contribution in [0.1, 0.15) is 5.56 Å². The van der Waals surface area contributed by atoms with Gasteiger partial charge in [0.2, 0.25) is 11.5 Å². The van der Waals surface area contributed by atoms with Gasteiger partial charge in [0.15, 0.2) is 0 Å². The number of hydrogen-bond acceptors (Lipinski definition) is 4. The van der Waals surface area contributed by atoms with E-state index >= 15 is 0 Å². The second kappa shape index (κ2) is 9.02. The highest BCUT2D eigenvalue weighted by Gasteiger charge is 2.21. The van der Waals surface area contributed by atoms with E-state index in [0.717, 1.165) is 26.8 Å². The van der Waals surface area contributed by atoms with Gasteiger partial charge < -0.3 is 9.73 Å². The number of hydrogen-bond donors (Lipinski definition) is 1. The van der Waals surface area contributed by atoms with Crippen molar-refractivity contribution in [3.8, 4) is 0 Å². The van der Waals surface area contributed by atoms with Gasteiger partial charge in [-0.15, -0.1) is 0 Å². The Morgan fingerprint density at radius 3 is 2.43 bits per heavy atom. The average Bonchev–Trinajstić information content (AvgIpc) is 3.24. The molecule has 1 N–H and O–H groups in total. The van der Waals surface area contributed by atoms with Crippen molar-refractivity contribution in [3.05, 3.63) is 111 Å². The van der Waals surface area contributed by atoms with Gasteiger partial charge in [-0.3, -0.25) is 18.7 Å². The molecule has 0 bridgehead atoms. The molecule has 2 heterocycles. The first-order chi connectivity index (χ1) is 16.9. The number of benzene rings is 3. The van der Waals surface area contributed by atoms with Gasteiger partial charge in [0.1, 0.15) is 29.3 Å². The fraction of sp³-hybridized carbons (Fsp3) is 0.115. The van der Waals surface area contributed by atoms with Crippen molar-refractivity contribution in [2.45, 2.75) is 19.5 Å². The second-order valence-corrected chi connectivity index (χ2v) is 8.01. The van der Waals surface area contributed by atoms with E-state index in [2.05, 4.69) is 5.32 Å². The summed E-state index contributed by atoms with van der Waals surface area (Å²) in [6, 6.07) is 18.9. The Morgan fingerprint density at radius 2 is 1.66 bits per heavy atom. The van der Waals surface area contributed by atoms with Gasteiger partial charge in [-0.1, -0.05) is 42.5 Å². The normalized spacial score (nSPS) is 11.3. The summed E-state index contributed by atoms with van der Waals surface area (Å²) in [7, 11) is 0. The van der Waals surface area contributed by atoms with Gasteiger partial charge >= 0.3 is 5.69 Å². The monoisotopic (exact) mass is 475 g/mol. The van der Waals surface area contributed by atoms with Crippen LogP contribution in [0.2, 0.25) is 0 Å². The number of furan rings is 1. The second-order valence-electron chi connectivity index (χ2n) is 8.01. The lowest BCUT2D eigenvalue weighted by molar-refractivity contribution is -0.116. The minimum Gasteiger partial charge on any atom is -0.449 e. The number of anilines is 1. The summed E-state index contributed by atoms with van der Waals surface area (Å²) < 4.78 is 35.2. The van der Waals surface area contributed by atoms with Crippen molar-refractivity contribution in [2.75, 3.05) is 5.32 Å². The van der Waals surface area contributed by atoms with Crippen LogP contribution in [0.25, 0.3) is 22.1 Å². The number of fused-ring (bicyclic) bond motifs is 3. The molecule has 0 fully saturated rings. The number of nitrogens with one attached hydrogen (secondary N) is 1. The molecule has 5 rings (SSSR count). The maximum atomic E-state index is 14.0. The summed E-state index contributed by atoms with van der Waals surface area (Å²) in [6.07, 6.45) is 0.411. The Kier molecular flexibility index (Phi) is 5.74. The molecule has 176 valence electrons. The molecule has 0 saturated heterocycles. The molecular formula is C26H19F2N3O4. The minimum absolute atomic E-state index is 0.0559. The zero-order valence-corrected chi connectivity index (χ0v) is 18.3. The Labute approximate surface area is 196 Å². The molecule has 0 spiro atoms.